The zero-order valence-electron chi connectivity index (χ0n) is 12.5. The lowest BCUT2D eigenvalue weighted by Crippen LogP contribution is -2.32. The lowest BCUT2D eigenvalue weighted by atomic mass is 10.1. The maximum Gasteiger partial charge on any atom is 0.315 e. The van der Waals surface area contributed by atoms with Crippen LogP contribution in [0.4, 0.5) is 17.1 Å². The number of nitro groups is 1. The SMILES string of the molecule is CCCNc1cccc(NCC(C)(C)OC)c1[N+](=O)[O-]. The lowest BCUT2D eigenvalue weighted by molar-refractivity contribution is -0.383. The standard InChI is InChI=1S/C14H23N3O3/c1-5-9-15-11-7-6-8-12(13(11)17(18)19)16-10-14(2,3)20-4/h6-8,15-16H,5,9-10H2,1-4H3. The van der Waals surface area contributed by atoms with E-state index in [1.807, 2.05) is 20.8 Å². The van der Waals surface area contributed by atoms with Crippen LogP contribution in [0.25, 0.3) is 0 Å². The maximum atomic E-state index is 11.3. The molecule has 2 N–H and O–H groups in total. The summed E-state index contributed by atoms with van der Waals surface area (Å²) in [7, 11) is 1.62. The number of hydrogen-bond acceptors (Lipinski definition) is 5. The van der Waals surface area contributed by atoms with Crippen LogP contribution < -0.4 is 10.6 Å². The van der Waals surface area contributed by atoms with Crippen molar-refractivity contribution in [1.29, 1.82) is 0 Å². The molecule has 0 aliphatic heterocycles. The second-order valence-electron chi connectivity index (χ2n) is 5.20. The molecule has 20 heavy (non-hydrogen) atoms. The van der Waals surface area contributed by atoms with Crippen molar-refractivity contribution in [3.63, 3.8) is 0 Å². The van der Waals surface area contributed by atoms with E-state index < -0.39 is 0 Å². The Morgan fingerprint density at radius 1 is 1.30 bits per heavy atom. The summed E-state index contributed by atoms with van der Waals surface area (Å²) in [5.41, 5.74) is 0.729. The third-order valence-corrected chi connectivity index (χ3v) is 3.04. The highest BCUT2D eigenvalue weighted by atomic mass is 16.6. The van der Waals surface area contributed by atoms with Gasteiger partial charge in [0.2, 0.25) is 0 Å². The van der Waals surface area contributed by atoms with Gasteiger partial charge in [0, 0.05) is 20.2 Å². The predicted octanol–water partition coefficient (Wildman–Crippen LogP) is 3.25. The van der Waals surface area contributed by atoms with Crippen molar-refractivity contribution >= 4 is 17.1 Å². The molecule has 0 radical (unpaired) electrons. The van der Waals surface area contributed by atoms with E-state index in [-0.39, 0.29) is 16.2 Å². The number of anilines is 2. The minimum atomic E-state index is -0.388. The summed E-state index contributed by atoms with van der Waals surface area (Å²) >= 11 is 0. The fourth-order valence-electron chi connectivity index (χ4n) is 1.67. The van der Waals surface area contributed by atoms with E-state index in [0.717, 1.165) is 6.42 Å². The first-order chi connectivity index (χ1) is 9.41. The van der Waals surface area contributed by atoms with Crippen LogP contribution in [0.15, 0.2) is 18.2 Å². The van der Waals surface area contributed by atoms with Crippen molar-refractivity contribution in [3.05, 3.63) is 28.3 Å². The fourth-order valence-corrected chi connectivity index (χ4v) is 1.67. The minimum Gasteiger partial charge on any atom is -0.379 e. The van der Waals surface area contributed by atoms with Gasteiger partial charge in [-0.25, -0.2) is 0 Å². The highest BCUT2D eigenvalue weighted by Gasteiger charge is 2.22. The Morgan fingerprint density at radius 3 is 2.40 bits per heavy atom. The third-order valence-electron chi connectivity index (χ3n) is 3.04. The molecule has 1 rings (SSSR count). The molecule has 112 valence electrons. The van der Waals surface area contributed by atoms with Crippen LogP contribution in [0.5, 0.6) is 0 Å². The Labute approximate surface area is 119 Å². The van der Waals surface area contributed by atoms with Crippen LogP contribution in [-0.4, -0.2) is 30.7 Å². The zero-order chi connectivity index (χ0) is 15.2. The Kier molecular flexibility index (Phi) is 5.76. The molecule has 0 aliphatic carbocycles. The Morgan fingerprint density at radius 2 is 1.90 bits per heavy atom. The summed E-state index contributed by atoms with van der Waals surface area (Å²) in [6, 6.07) is 5.23. The number of methoxy groups -OCH3 is 1. The van der Waals surface area contributed by atoms with Crippen LogP contribution in [-0.2, 0) is 4.74 Å². The summed E-state index contributed by atoms with van der Waals surface area (Å²) in [6.45, 7) is 7.05. The molecule has 1 aromatic carbocycles. The normalized spacial score (nSPS) is 11.2. The van der Waals surface area contributed by atoms with E-state index in [4.69, 9.17) is 4.74 Å². The van der Waals surface area contributed by atoms with Crippen molar-refractivity contribution in [2.24, 2.45) is 0 Å². The number of hydrogen-bond donors (Lipinski definition) is 2. The average Bonchev–Trinajstić information content (AvgIpc) is 2.42. The number of rotatable bonds is 8. The first kappa shape index (κ1) is 16.2. The van der Waals surface area contributed by atoms with Gasteiger partial charge in [-0.2, -0.15) is 0 Å². The number of nitro benzene ring substituents is 1. The van der Waals surface area contributed by atoms with Crippen LogP contribution in [0.1, 0.15) is 27.2 Å². The van der Waals surface area contributed by atoms with Crippen LogP contribution in [0, 0.1) is 10.1 Å². The minimum absolute atomic E-state index is 0.0767. The highest BCUT2D eigenvalue weighted by molar-refractivity contribution is 5.76. The molecule has 0 saturated carbocycles. The summed E-state index contributed by atoms with van der Waals surface area (Å²) in [4.78, 5) is 10.9. The van der Waals surface area contributed by atoms with Crippen LogP contribution >= 0.6 is 0 Å². The van der Waals surface area contributed by atoms with Gasteiger partial charge in [-0.15, -0.1) is 0 Å². The molecule has 0 saturated heterocycles. The summed E-state index contributed by atoms with van der Waals surface area (Å²) < 4.78 is 5.31. The molecule has 0 heterocycles. The molecule has 0 amide bonds. The molecule has 6 heteroatoms. The largest absolute Gasteiger partial charge is 0.379 e. The summed E-state index contributed by atoms with van der Waals surface area (Å²) in [5, 5.41) is 17.5. The second-order valence-corrected chi connectivity index (χ2v) is 5.20. The zero-order valence-corrected chi connectivity index (χ0v) is 12.5. The van der Waals surface area contributed by atoms with Gasteiger partial charge in [-0.1, -0.05) is 13.0 Å². The van der Waals surface area contributed by atoms with Gasteiger partial charge in [0.05, 0.1) is 10.5 Å². The third kappa shape index (κ3) is 4.38. The lowest BCUT2D eigenvalue weighted by Gasteiger charge is -2.23. The fraction of sp³-hybridized carbons (Fsp3) is 0.571. The molecular weight excluding hydrogens is 258 g/mol. The molecule has 1 aromatic rings. The second kappa shape index (κ2) is 7.09. The number of para-hydroxylation sites is 1. The molecule has 0 bridgehead atoms. The van der Waals surface area contributed by atoms with Crippen molar-refractivity contribution in [1.82, 2.24) is 0 Å². The molecular formula is C14H23N3O3. The van der Waals surface area contributed by atoms with Gasteiger partial charge in [-0.05, 0) is 32.4 Å². The quantitative estimate of drug-likeness (QED) is 0.565. The molecule has 0 aliphatic rings. The molecule has 0 unspecified atom stereocenters. The van der Waals surface area contributed by atoms with Gasteiger partial charge in [-0.3, -0.25) is 10.1 Å². The van der Waals surface area contributed by atoms with Crippen molar-refractivity contribution in [3.8, 4) is 0 Å². The maximum absolute atomic E-state index is 11.3. The van der Waals surface area contributed by atoms with E-state index >= 15 is 0 Å². The van der Waals surface area contributed by atoms with Crippen molar-refractivity contribution in [2.45, 2.75) is 32.8 Å². The molecule has 0 atom stereocenters. The number of nitrogens with one attached hydrogen (secondary N) is 2. The Hall–Kier alpha value is -1.82. The van der Waals surface area contributed by atoms with E-state index in [1.165, 1.54) is 0 Å². The summed E-state index contributed by atoms with van der Waals surface area (Å²) in [5.74, 6) is 0. The van der Waals surface area contributed by atoms with Gasteiger partial charge < -0.3 is 15.4 Å². The molecule has 0 fully saturated rings. The van der Waals surface area contributed by atoms with Gasteiger partial charge >= 0.3 is 5.69 Å². The Balaban J connectivity index is 2.97. The van der Waals surface area contributed by atoms with Crippen molar-refractivity contribution in [2.75, 3.05) is 30.8 Å². The number of benzene rings is 1. The van der Waals surface area contributed by atoms with E-state index in [9.17, 15) is 10.1 Å². The summed E-state index contributed by atoms with van der Waals surface area (Å²) in [6.07, 6.45) is 0.908. The Bertz CT molecular complexity index is 461. The van der Waals surface area contributed by atoms with Crippen LogP contribution in [0.2, 0.25) is 0 Å². The molecule has 0 aromatic heterocycles. The predicted molar refractivity (Wildman–Crippen MR) is 81.5 cm³/mol. The van der Waals surface area contributed by atoms with Crippen molar-refractivity contribution < 1.29 is 9.66 Å². The topological polar surface area (TPSA) is 76.4 Å². The monoisotopic (exact) mass is 281 g/mol. The average molecular weight is 281 g/mol. The first-order valence-electron chi connectivity index (χ1n) is 6.71. The smallest absolute Gasteiger partial charge is 0.315 e. The van der Waals surface area contributed by atoms with E-state index in [1.54, 1.807) is 25.3 Å². The van der Waals surface area contributed by atoms with Gasteiger partial charge in [0.25, 0.3) is 0 Å². The van der Waals surface area contributed by atoms with Gasteiger partial charge in [0.1, 0.15) is 11.4 Å². The van der Waals surface area contributed by atoms with Crippen LogP contribution in [0.3, 0.4) is 0 Å². The van der Waals surface area contributed by atoms with Gasteiger partial charge in [0.15, 0.2) is 0 Å². The number of nitrogens with zero attached hydrogens (tertiary/aromatic N) is 1. The molecule has 6 nitrogen and oxygen atoms in total. The number of ether oxygens (including phenoxy) is 1. The van der Waals surface area contributed by atoms with E-state index in [0.29, 0.717) is 24.5 Å². The van der Waals surface area contributed by atoms with E-state index in [2.05, 4.69) is 10.6 Å². The highest BCUT2D eigenvalue weighted by Crippen LogP contribution is 2.33. The molecule has 0 spiro atoms. The first-order valence-corrected chi connectivity index (χ1v) is 6.71.